The highest BCUT2D eigenvalue weighted by Gasteiger charge is 2.31. The third-order valence-electron chi connectivity index (χ3n) is 3.72. The van der Waals surface area contributed by atoms with Gasteiger partial charge < -0.3 is 10.1 Å². The minimum atomic E-state index is -0.166. The minimum absolute atomic E-state index is 0.120. The van der Waals surface area contributed by atoms with Crippen LogP contribution in [0.5, 0.6) is 0 Å². The Labute approximate surface area is 131 Å². The van der Waals surface area contributed by atoms with E-state index >= 15 is 0 Å². The van der Waals surface area contributed by atoms with Gasteiger partial charge in [0.1, 0.15) is 5.92 Å². The van der Waals surface area contributed by atoms with Gasteiger partial charge in [-0.1, -0.05) is 13.8 Å². The molecule has 0 aromatic carbocycles. The first-order chi connectivity index (χ1) is 10.0. The number of ether oxygens (including phenoxy) is 1. The van der Waals surface area contributed by atoms with Crippen molar-refractivity contribution in [1.82, 2.24) is 4.98 Å². The molecule has 2 unspecified atom stereocenters. The molecule has 1 aromatic rings. The summed E-state index contributed by atoms with van der Waals surface area (Å²) < 4.78 is 5.19. The Bertz CT molecular complexity index is 485. The van der Waals surface area contributed by atoms with E-state index in [-0.39, 0.29) is 11.9 Å². The van der Waals surface area contributed by atoms with Gasteiger partial charge in [0.2, 0.25) is 0 Å². The van der Waals surface area contributed by atoms with E-state index in [9.17, 15) is 4.79 Å². The van der Waals surface area contributed by atoms with Crippen LogP contribution < -0.4 is 5.32 Å². The van der Waals surface area contributed by atoms with E-state index in [1.807, 2.05) is 6.92 Å². The van der Waals surface area contributed by atoms with Gasteiger partial charge in [0.15, 0.2) is 5.13 Å². The van der Waals surface area contributed by atoms with E-state index < -0.39 is 0 Å². The molecule has 1 aliphatic carbocycles. The van der Waals surface area contributed by atoms with Crippen LogP contribution in [0.4, 0.5) is 5.13 Å². The SMILES string of the molecule is CCOC(=O)C1CCCc2sc(NC(C)CC(C)C)nc21. The van der Waals surface area contributed by atoms with Crippen molar-refractivity contribution in [2.24, 2.45) is 5.92 Å². The van der Waals surface area contributed by atoms with Crippen molar-refractivity contribution in [2.75, 3.05) is 11.9 Å². The number of carbonyl (C=O) groups is 1. The van der Waals surface area contributed by atoms with Gasteiger partial charge >= 0.3 is 5.97 Å². The van der Waals surface area contributed by atoms with Crippen molar-refractivity contribution in [3.05, 3.63) is 10.6 Å². The fraction of sp³-hybridized carbons (Fsp3) is 0.750. The zero-order chi connectivity index (χ0) is 15.4. The Morgan fingerprint density at radius 3 is 2.90 bits per heavy atom. The molecule has 2 rings (SSSR count). The van der Waals surface area contributed by atoms with E-state index in [0.717, 1.165) is 36.5 Å². The first-order valence-electron chi connectivity index (χ1n) is 7.94. The Kier molecular flexibility index (Phi) is 5.62. The molecule has 0 bridgehead atoms. The van der Waals surface area contributed by atoms with Gasteiger partial charge in [-0.3, -0.25) is 4.79 Å². The number of rotatable bonds is 6. The zero-order valence-corrected chi connectivity index (χ0v) is 14.3. The molecular weight excluding hydrogens is 284 g/mol. The number of anilines is 1. The first kappa shape index (κ1) is 16.3. The average Bonchev–Trinajstić information content (AvgIpc) is 2.79. The lowest BCUT2D eigenvalue weighted by molar-refractivity contribution is -0.145. The summed E-state index contributed by atoms with van der Waals surface area (Å²) in [6, 6.07) is 0.402. The minimum Gasteiger partial charge on any atom is -0.465 e. The van der Waals surface area contributed by atoms with E-state index in [0.29, 0.717) is 18.6 Å². The Hall–Kier alpha value is -1.10. The lowest BCUT2D eigenvalue weighted by Gasteiger charge is -2.19. The molecule has 0 spiro atoms. The highest BCUT2D eigenvalue weighted by atomic mass is 32.1. The van der Waals surface area contributed by atoms with E-state index in [1.165, 1.54) is 4.88 Å². The normalized spacial score (nSPS) is 19.2. The van der Waals surface area contributed by atoms with Crippen molar-refractivity contribution < 1.29 is 9.53 Å². The molecule has 1 heterocycles. The van der Waals surface area contributed by atoms with Crippen LogP contribution >= 0.6 is 11.3 Å². The maximum absolute atomic E-state index is 12.1. The van der Waals surface area contributed by atoms with Crippen molar-refractivity contribution in [3.8, 4) is 0 Å². The highest BCUT2D eigenvalue weighted by Crippen LogP contribution is 2.37. The van der Waals surface area contributed by atoms with E-state index in [2.05, 4.69) is 31.1 Å². The lowest BCUT2D eigenvalue weighted by atomic mass is 9.91. The number of esters is 1. The molecule has 0 saturated heterocycles. The molecule has 118 valence electrons. The topological polar surface area (TPSA) is 51.2 Å². The summed E-state index contributed by atoms with van der Waals surface area (Å²) in [6.07, 6.45) is 4.05. The number of aromatic nitrogens is 1. The van der Waals surface area contributed by atoms with Gasteiger partial charge in [-0.25, -0.2) is 4.98 Å². The second kappa shape index (κ2) is 7.25. The van der Waals surface area contributed by atoms with Gasteiger partial charge in [0.05, 0.1) is 12.3 Å². The molecule has 21 heavy (non-hydrogen) atoms. The first-order valence-corrected chi connectivity index (χ1v) is 8.75. The molecule has 0 radical (unpaired) electrons. The fourth-order valence-electron chi connectivity index (χ4n) is 2.93. The average molecular weight is 310 g/mol. The number of hydrogen-bond acceptors (Lipinski definition) is 5. The quantitative estimate of drug-likeness (QED) is 0.808. The van der Waals surface area contributed by atoms with Crippen LogP contribution in [0.15, 0.2) is 0 Å². The molecule has 1 aliphatic rings. The smallest absolute Gasteiger partial charge is 0.315 e. The molecule has 0 amide bonds. The van der Waals surface area contributed by atoms with Crippen LogP contribution in [0.1, 0.15) is 63.4 Å². The van der Waals surface area contributed by atoms with Crippen LogP contribution in [0.25, 0.3) is 0 Å². The van der Waals surface area contributed by atoms with Crippen molar-refractivity contribution in [1.29, 1.82) is 0 Å². The number of hydrogen-bond donors (Lipinski definition) is 1. The molecule has 0 aliphatic heterocycles. The summed E-state index contributed by atoms with van der Waals surface area (Å²) in [7, 11) is 0. The third-order valence-corrected chi connectivity index (χ3v) is 4.78. The van der Waals surface area contributed by atoms with Gasteiger partial charge in [-0.2, -0.15) is 0 Å². The Morgan fingerprint density at radius 1 is 1.48 bits per heavy atom. The Balaban J connectivity index is 2.09. The van der Waals surface area contributed by atoms with Crippen LogP contribution in [0, 0.1) is 5.92 Å². The maximum Gasteiger partial charge on any atom is 0.315 e. The van der Waals surface area contributed by atoms with Crippen LogP contribution in [0.2, 0.25) is 0 Å². The second-order valence-electron chi connectivity index (χ2n) is 6.20. The van der Waals surface area contributed by atoms with Gasteiger partial charge in [0.25, 0.3) is 0 Å². The molecule has 4 nitrogen and oxygen atoms in total. The van der Waals surface area contributed by atoms with Crippen molar-refractivity contribution >= 4 is 22.4 Å². The standard InChI is InChI=1S/C16H26N2O2S/c1-5-20-15(19)12-7-6-8-13-14(12)18-16(21-13)17-11(4)9-10(2)3/h10-12H,5-9H2,1-4H3,(H,17,18). The summed E-state index contributed by atoms with van der Waals surface area (Å²) in [5, 5.41) is 4.43. The van der Waals surface area contributed by atoms with Crippen molar-refractivity contribution in [2.45, 2.75) is 65.3 Å². The van der Waals surface area contributed by atoms with Crippen LogP contribution in [-0.2, 0) is 16.0 Å². The second-order valence-corrected chi connectivity index (χ2v) is 7.28. The zero-order valence-electron chi connectivity index (χ0n) is 13.4. The summed E-state index contributed by atoms with van der Waals surface area (Å²) in [5.74, 6) is 0.376. The molecular formula is C16H26N2O2S. The molecule has 0 fully saturated rings. The van der Waals surface area contributed by atoms with Gasteiger partial charge in [-0.05, 0) is 45.4 Å². The monoisotopic (exact) mass is 310 g/mol. The highest BCUT2D eigenvalue weighted by molar-refractivity contribution is 7.15. The predicted octanol–water partition coefficient (Wildman–Crippen LogP) is 3.97. The molecule has 2 atom stereocenters. The summed E-state index contributed by atoms with van der Waals surface area (Å²) in [4.78, 5) is 18.0. The molecule has 0 saturated carbocycles. The predicted molar refractivity (Wildman–Crippen MR) is 87.0 cm³/mol. The number of fused-ring (bicyclic) bond motifs is 1. The molecule has 5 heteroatoms. The van der Waals surface area contributed by atoms with Gasteiger partial charge in [-0.15, -0.1) is 11.3 Å². The molecule has 1 N–H and O–H groups in total. The van der Waals surface area contributed by atoms with Crippen LogP contribution in [-0.4, -0.2) is 23.6 Å². The fourth-order valence-corrected chi connectivity index (χ4v) is 4.11. The summed E-state index contributed by atoms with van der Waals surface area (Å²) in [6.45, 7) is 8.92. The van der Waals surface area contributed by atoms with E-state index in [4.69, 9.17) is 4.74 Å². The number of carbonyl (C=O) groups excluding carboxylic acids is 1. The van der Waals surface area contributed by atoms with Gasteiger partial charge in [0, 0.05) is 10.9 Å². The maximum atomic E-state index is 12.1. The number of nitrogens with one attached hydrogen (secondary N) is 1. The van der Waals surface area contributed by atoms with Crippen LogP contribution in [0.3, 0.4) is 0 Å². The van der Waals surface area contributed by atoms with Crippen molar-refractivity contribution in [3.63, 3.8) is 0 Å². The largest absolute Gasteiger partial charge is 0.465 e. The summed E-state index contributed by atoms with van der Waals surface area (Å²) in [5.41, 5.74) is 0.948. The lowest BCUT2D eigenvalue weighted by Crippen LogP contribution is -2.21. The number of thiazole rings is 1. The summed E-state index contributed by atoms with van der Waals surface area (Å²) >= 11 is 1.70. The molecule has 1 aromatic heterocycles. The van der Waals surface area contributed by atoms with E-state index in [1.54, 1.807) is 11.3 Å². The Morgan fingerprint density at radius 2 is 2.24 bits per heavy atom. The number of nitrogens with zero attached hydrogens (tertiary/aromatic N) is 1. The number of aryl methyl sites for hydroxylation is 1. The third kappa shape index (κ3) is 4.19.